The summed E-state index contributed by atoms with van der Waals surface area (Å²) in [6, 6.07) is 0. The maximum Gasteiger partial charge on any atom is 0.317 e. The molecule has 1 aliphatic heterocycles. The molecule has 0 aromatic carbocycles. The molecule has 0 amide bonds. The van der Waals surface area contributed by atoms with Gasteiger partial charge in [0.1, 0.15) is 16.8 Å². The second-order valence-electron chi connectivity index (χ2n) is 9.65. The van der Waals surface area contributed by atoms with Gasteiger partial charge in [0.25, 0.3) is 0 Å². The first-order valence-corrected chi connectivity index (χ1v) is 12.5. The number of aliphatic carboxylic acids is 1. The van der Waals surface area contributed by atoms with Crippen LogP contribution >= 0.6 is 0 Å². The molecular formula is C26H43FO5. The summed E-state index contributed by atoms with van der Waals surface area (Å²) in [6.45, 7) is 4.15. The van der Waals surface area contributed by atoms with E-state index >= 15 is 4.39 Å². The molecule has 0 bridgehead atoms. The topological polar surface area (TPSA) is 76.0 Å². The third-order valence-corrected chi connectivity index (χ3v) is 7.01. The standard InChI is InChI=1S/C26H43FO5/c1-3-4-16-25(2,27)18-15-22(32-23-14-8-11-20-31-23)26(24(29)30,17-9-5-10-19-28)21-12-6-7-13-21/h5,10,15,21,23,28H,3-4,6-9,11-14,16-20H2,1-2H3,(H,29,30)/b10-5-,22-15+/t23?,25?,26-/m1/s1. The number of hydrogen-bond acceptors (Lipinski definition) is 4. The average Bonchev–Trinajstić information content (AvgIpc) is 3.31. The van der Waals surface area contributed by atoms with Crippen molar-refractivity contribution in [2.75, 3.05) is 13.2 Å². The maximum absolute atomic E-state index is 15.2. The predicted molar refractivity (Wildman–Crippen MR) is 124 cm³/mol. The van der Waals surface area contributed by atoms with Gasteiger partial charge in [-0.25, -0.2) is 4.39 Å². The lowest BCUT2D eigenvalue weighted by Crippen LogP contribution is -2.42. The SMILES string of the molecule is CCCCC(C)(F)C/C=C(/OC1CCCCO1)[C@](CC/C=C\CO)(C(=O)O)C1CCCC1. The molecule has 32 heavy (non-hydrogen) atoms. The smallest absolute Gasteiger partial charge is 0.317 e. The maximum atomic E-state index is 15.2. The zero-order chi connectivity index (χ0) is 23.5. The molecule has 0 radical (unpaired) electrons. The summed E-state index contributed by atoms with van der Waals surface area (Å²) in [6.07, 6.45) is 14.1. The zero-order valence-corrected chi connectivity index (χ0v) is 20.0. The predicted octanol–water partition coefficient (Wildman–Crippen LogP) is 6.31. The fraction of sp³-hybridized carbons (Fsp3) is 0.808. The number of carbonyl (C=O) groups is 1. The van der Waals surface area contributed by atoms with Crippen LogP contribution in [0.25, 0.3) is 0 Å². The number of ether oxygens (including phenoxy) is 2. The lowest BCUT2D eigenvalue weighted by atomic mass is 9.69. The molecule has 2 fully saturated rings. The van der Waals surface area contributed by atoms with E-state index in [0.29, 0.717) is 38.0 Å². The summed E-state index contributed by atoms with van der Waals surface area (Å²) < 4.78 is 27.3. The average molecular weight is 455 g/mol. The molecular weight excluding hydrogens is 411 g/mol. The van der Waals surface area contributed by atoms with Crippen LogP contribution in [0.3, 0.4) is 0 Å². The number of rotatable bonds is 14. The van der Waals surface area contributed by atoms with Crippen molar-refractivity contribution in [2.45, 2.75) is 109 Å². The minimum atomic E-state index is -1.41. The number of halogens is 1. The highest BCUT2D eigenvalue weighted by Gasteiger charge is 2.51. The van der Waals surface area contributed by atoms with Gasteiger partial charge in [-0.2, -0.15) is 0 Å². The van der Waals surface area contributed by atoms with E-state index in [0.717, 1.165) is 51.4 Å². The molecule has 6 heteroatoms. The van der Waals surface area contributed by atoms with Crippen LogP contribution in [0.4, 0.5) is 4.39 Å². The summed E-state index contributed by atoms with van der Waals surface area (Å²) in [5.74, 6) is -0.585. The quantitative estimate of drug-likeness (QED) is 0.237. The van der Waals surface area contributed by atoms with Gasteiger partial charge in [-0.3, -0.25) is 4.79 Å². The Morgan fingerprint density at radius 1 is 1.16 bits per heavy atom. The highest BCUT2D eigenvalue weighted by molar-refractivity contribution is 5.78. The molecule has 2 N–H and O–H groups in total. The summed E-state index contributed by atoms with van der Waals surface area (Å²) in [5.41, 5.74) is -2.62. The Balaban J connectivity index is 2.41. The first-order chi connectivity index (χ1) is 15.4. The van der Waals surface area contributed by atoms with Crippen molar-refractivity contribution in [3.05, 3.63) is 24.0 Å². The Morgan fingerprint density at radius 3 is 2.47 bits per heavy atom. The van der Waals surface area contributed by atoms with Crippen molar-refractivity contribution in [1.29, 1.82) is 0 Å². The first kappa shape index (κ1) is 26.8. The van der Waals surface area contributed by atoms with E-state index in [9.17, 15) is 9.90 Å². The Hall–Kier alpha value is -1.40. The molecule has 2 aliphatic rings. The largest absolute Gasteiger partial charge is 0.480 e. The second-order valence-corrected chi connectivity index (χ2v) is 9.65. The molecule has 2 unspecified atom stereocenters. The molecule has 0 spiro atoms. The van der Waals surface area contributed by atoms with Crippen molar-refractivity contribution in [3.63, 3.8) is 0 Å². The van der Waals surface area contributed by atoms with Crippen molar-refractivity contribution >= 4 is 5.97 Å². The van der Waals surface area contributed by atoms with Gasteiger partial charge in [-0.15, -0.1) is 0 Å². The fourth-order valence-electron chi connectivity index (χ4n) is 5.07. The molecule has 3 atom stereocenters. The Bertz CT molecular complexity index is 618. The molecule has 2 rings (SSSR count). The highest BCUT2D eigenvalue weighted by Crippen LogP contribution is 2.50. The van der Waals surface area contributed by atoms with Crippen LogP contribution in [-0.2, 0) is 14.3 Å². The zero-order valence-electron chi connectivity index (χ0n) is 20.0. The van der Waals surface area contributed by atoms with Crippen LogP contribution in [0.1, 0.15) is 97.3 Å². The number of allylic oxidation sites excluding steroid dienone is 2. The van der Waals surface area contributed by atoms with Gasteiger partial charge in [-0.05, 0) is 63.9 Å². The molecule has 184 valence electrons. The van der Waals surface area contributed by atoms with Gasteiger partial charge in [0.05, 0.1) is 13.2 Å². The number of aliphatic hydroxyl groups is 1. The minimum absolute atomic E-state index is 0.0566. The lowest BCUT2D eigenvalue weighted by molar-refractivity contribution is -0.171. The molecule has 5 nitrogen and oxygen atoms in total. The summed E-state index contributed by atoms with van der Waals surface area (Å²) in [7, 11) is 0. The van der Waals surface area contributed by atoms with Gasteiger partial charge < -0.3 is 19.7 Å². The third-order valence-electron chi connectivity index (χ3n) is 7.01. The summed E-state index contributed by atoms with van der Waals surface area (Å²) in [4.78, 5) is 12.9. The normalized spacial score (nSPS) is 24.4. The van der Waals surface area contributed by atoms with Crippen LogP contribution < -0.4 is 0 Å². The van der Waals surface area contributed by atoms with Crippen molar-refractivity contribution in [2.24, 2.45) is 11.3 Å². The Morgan fingerprint density at radius 2 is 1.88 bits per heavy atom. The molecule has 0 aromatic rings. The Kier molecular flexibility index (Phi) is 11.2. The van der Waals surface area contributed by atoms with Crippen LogP contribution in [0.15, 0.2) is 24.0 Å². The van der Waals surface area contributed by atoms with E-state index in [2.05, 4.69) is 0 Å². The summed E-state index contributed by atoms with van der Waals surface area (Å²) >= 11 is 0. The number of aliphatic hydroxyl groups excluding tert-OH is 1. The van der Waals surface area contributed by atoms with E-state index in [4.69, 9.17) is 14.6 Å². The monoisotopic (exact) mass is 454 g/mol. The number of unbranched alkanes of at least 4 members (excludes halogenated alkanes) is 1. The molecule has 1 saturated carbocycles. The van der Waals surface area contributed by atoms with Crippen molar-refractivity contribution < 1.29 is 28.9 Å². The van der Waals surface area contributed by atoms with E-state index in [1.54, 1.807) is 19.1 Å². The van der Waals surface area contributed by atoms with Crippen LogP contribution in [0.5, 0.6) is 0 Å². The van der Waals surface area contributed by atoms with E-state index in [1.807, 2.05) is 13.0 Å². The fourth-order valence-corrected chi connectivity index (χ4v) is 5.07. The number of alkyl halides is 1. The highest BCUT2D eigenvalue weighted by atomic mass is 19.1. The first-order valence-electron chi connectivity index (χ1n) is 12.5. The van der Waals surface area contributed by atoms with E-state index in [-0.39, 0.29) is 18.9 Å². The van der Waals surface area contributed by atoms with Crippen molar-refractivity contribution in [3.8, 4) is 0 Å². The molecule has 1 aliphatic carbocycles. The van der Waals surface area contributed by atoms with Gasteiger partial charge in [-0.1, -0.05) is 44.8 Å². The van der Waals surface area contributed by atoms with E-state index < -0.39 is 23.3 Å². The summed E-state index contributed by atoms with van der Waals surface area (Å²) in [5, 5.41) is 19.7. The van der Waals surface area contributed by atoms with Gasteiger partial charge >= 0.3 is 5.97 Å². The van der Waals surface area contributed by atoms with Gasteiger partial charge in [0.15, 0.2) is 6.29 Å². The number of hydrogen-bond donors (Lipinski definition) is 2. The lowest BCUT2D eigenvalue weighted by Gasteiger charge is -2.39. The van der Waals surface area contributed by atoms with Crippen LogP contribution in [-0.4, -0.2) is 41.4 Å². The van der Waals surface area contributed by atoms with Crippen LogP contribution in [0.2, 0.25) is 0 Å². The molecule has 0 aromatic heterocycles. The molecule has 1 heterocycles. The third kappa shape index (κ3) is 7.58. The Labute approximate surface area is 193 Å². The van der Waals surface area contributed by atoms with Gasteiger partial charge in [0, 0.05) is 12.8 Å². The van der Waals surface area contributed by atoms with E-state index in [1.165, 1.54) is 0 Å². The van der Waals surface area contributed by atoms with Gasteiger partial charge in [0.2, 0.25) is 0 Å². The molecule has 1 saturated heterocycles. The van der Waals surface area contributed by atoms with Crippen molar-refractivity contribution in [1.82, 2.24) is 0 Å². The number of carboxylic acids is 1. The second kappa shape index (κ2) is 13.3. The van der Waals surface area contributed by atoms with Crippen LogP contribution in [0, 0.1) is 11.3 Å². The minimum Gasteiger partial charge on any atom is -0.480 e. The number of carboxylic acid groups (broad SMARTS) is 1.